The van der Waals surface area contributed by atoms with Crippen molar-refractivity contribution < 1.29 is 26.3 Å². The third kappa shape index (κ3) is 8.00. The molecular formula is C16H33BrN2OS. The molecule has 21 heavy (non-hydrogen) atoms. The number of amides is 1. The van der Waals surface area contributed by atoms with E-state index >= 15 is 0 Å². The number of hydrogen-bond donors (Lipinski definition) is 2. The summed E-state index contributed by atoms with van der Waals surface area (Å²) >= 11 is 4.22. The first-order chi connectivity index (χ1) is 9.75. The molecule has 0 bridgehead atoms. The Kier molecular flexibility index (Phi) is 13.2. The van der Waals surface area contributed by atoms with Crippen LogP contribution in [-0.2, 0) is 4.79 Å². The van der Waals surface area contributed by atoms with E-state index in [1.165, 1.54) is 44.9 Å². The van der Waals surface area contributed by atoms with E-state index in [-0.39, 0.29) is 17.0 Å². The largest absolute Gasteiger partial charge is 1.00 e. The smallest absolute Gasteiger partial charge is 0.314 e. The lowest BCUT2D eigenvalue weighted by Crippen LogP contribution is -3.00. The van der Waals surface area contributed by atoms with Gasteiger partial charge in [0.2, 0.25) is 0 Å². The van der Waals surface area contributed by atoms with E-state index in [1.807, 2.05) is 0 Å². The Bertz CT molecular complexity index is 271. The van der Waals surface area contributed by atoms with Crippen LogP contribution in [-0.4, -0.2) is 35.9 Å². The van der Waals surface area contributed by atoms with Gasteiger partial charge in [0.15, 0.2) is 0 Å². The molecule has 3 nitrogen and oxygen atoms in total. The van der Waals surface area contributed by atoms with Crippen molar-refractivity contribution in [1.82, 2.24) is 0 Å². The van der Waals surface area contributed by atoms with Gasteiger partial charge in [0.1, 0.15) is 6.67 Å². The van der Waals surface area contributed by atoms with Gasteiger partial charge in [-0.25, -0.2) is 9.28 Å². The van der Waals surface area contributed by atoms with Crippen molar-refractivity contribution in [2.45, 2.75) is 70.6 Å². The molecular weight excluding hydrogens is 348 g/mol. The van der Waals surface area contributed by atoms with E-state index in [1.54, 1.807) is 0 Å². The molecule has 1 saturated heterocycles. The number of hydrogen-bond acceptors (Lipinski definition) is 3. The summed E-state index contributed by atoms with van der Waals surface area (Å²) < 4.78 is 0.559. The molecule has 0 atom stereocenters. The van der Waals surface area contributed by atoms with Crippen LogP contribution in [0.3, 0.4) is 0 Å². The number of halogens is 1. The second-order valence-electron chi connectivity index (χ2n) is 6.18. The summed E-state index contributed by atoms with van der Waals surface area (Å²) in [5.74, 6) is 1.40. The maximum atomic E-state index is 12.3. The van der Waals surface area contributed by atoms with E-state index in [0.717, 1.165) is 44.5 Å². The van der Waals surface area contributed by atoms with Crippen LogP contribution in [0.5, 0.6) is 0 Å². The second kappa shape index (κ2) is 12.9. The van der Waals surface area contributed by atoms with Gasteiger partial charge >= 0.3 is 5.91 Å². The van der Waals surface area contributed by atoms with Crippen molar-refractivity contribution in [3.05, 3.63) is 0 Å². The van der Waals surface area contributed by atoms with E-state index < -0.39 is 0 Å². The Morgan fingerprint density at radius 2 is 1.38 bits per heavy atom. The van der Waals surface area contributed by atoms with Crippen LogP contribution in [0.4, 0.5) is 0 Å². The van der Waals surface area contributed by atoms with Crippen molar-refractivity contribution >= 4 is 18.5 Å². The summed E-state index contributed by atoms with van der Waals surface area (Å²) in [6, 6.07) is 0. The van der Waals surface area contributed by atoms with Crippen LogP contribution in [0.25, 0.3) is 0 Å². The third-order valence-corrected chi connectivity index (χ3v) is 4.92. The molecule has 2 N–H and O–H groups in total. The van der Waals surface area contributed by atoms with Gasteiger partial charge in [-0.2, -0.15) is 12.6 Å². The number of nitrogens with two attached hydrogens (primary N) is 1. The minimum Gasteiger partial charge on any atom is -1.00 e. The van der Waals surface area contributed by atoms with Gasteiger partial charge in [0.05, 0.1) is 19.5 Å². The van der Waals surface area contributed by atoms with Crippen molar-refractivity contribution in [2.75, 3.05) is 25.5 Å². The molecule has 1 amide bonds. The molecule has 0 aromatic rings. The minimum absolute atomic E-state index is 0. The summed E-state index contributed by atoms with van der Waals surface area (Å²) in [5, 5.41) is 0. The molecule has 5 heteroatoms. The van der Waals surface area contributed by atoms with Crippen LogP contribution in [0.15, 0.2) is 0 Å². The number of unbranched alkanes of at least 4 members (excludes halogenated alkanes) is 7. The zero-order valence-corrected chi connectivity index (χ0v) is 15.8. The maximum absolute atomic E-state index is 12.3. The zero-order valence-electron chi connectivity index (χ0n) is 13.4. The highest BCUT2D eigenvalue weighted by Crippen LogP contribution is 2.21. The second-order valence-corrected chi connectivity index (χ2v) is 6.63. The monoisotopic (exact) mass is 380 g/mol. The Balaban J connectivity index is 0.00000400. The number of nitrogens with zero attached hydrogens (tertiary/aromatic N) is 1. The number of likely N-dealkylation sites (tertiary alicyclic amines) is 1. The van der Waals surface area contributed by atoms with Crippen LogP contribution >= 0.6 is 12.6 Å². The van der Waals surface area contributed by atoms with Gasteiger partial charge in [-0.05, 0) is 18.6 Å². The SMILES string of the molecule is NC[N+]1(C(=O)CCCCCCCCCCS)CCCC1.[Br-]. The quantitative estimate of drug-likeness (QED) is 0.311. The van der Waals surface area contributed by atoms with Crippen molar-refractivity contribution in [1.29, 1.82) is 0 Å². The fraction of sp³-hybridized carbons (Fsp3) is 0.938. The van der Waals surface area contributed by atoms with Gasteiger partial charge in [-0.3, -0.25) is 5.73 Å². The van der Waals surface area contributed by atoms with Gasteiger partial charge in [0.25, 0.3) is 0 Å². The fourth-order valence-electron chi connectivity index (χ4n) is 3.16. The first kappa shape index (κ1) is 21.4. The van der Waals surface area contributed by atoms with Gasteiger partial charge in [-0.1, -0.05) is 38.5 Å². The third-order valence-electron chi connectivity index (χ3n) is 4.60. The summed E-state index contributed by atoms with van der Waals surface area (Å²) in [6.07, 6.45) is 13.1. The normalized spacial score (nSPS) is 16.7. The molecule has 1 rings (SSSR count). The molecule has 1 aliphatic rings. The first-order valence-electron chi connectivity index (χ1n) is 8.45. The van der Waals surface area contributed by atoms with Gasteiger partial charge in [-0.15, -0.1) is 0 Å². The lowest BCUT2D eigenvalue weighted by molar-refractivity contribution is -0.842. The standard InChI is InChI=1S/C16H32N2OS.BrH/c17-15-18(12-8-9-13-18)16(19)11-7-5-3-1-2-4-6-10-14-20;/h1-15,17H2;1H. The summed E-state index contributed by atoms with van der Waals surface area (Å²) in [6.45, 7) is 2.45. The van der Waals surface area contributed by atoms with Crippen molar-refractivity contribution in [3.63, 3.8) is 0 Å². The number of quaternary nitrogens is 1. The summed E-state index contributed by atoms with van der Waals surface area (Å²) in [4.78, 5) is 12.3. The first-order valence-corrected chi connectivity index (χ1v) is 9.09. The Hall–Kier alpha value is 0.420. The zero-order chi connectivity index (χ0) is 14.7. The predicted molar refractivity (Wildman–Crippen MR) is 88.7 cm³/mol. The number of carbonyl (C=O) groups excluding carboxylic acids is 1. The van der Waals surface area contributed by atoms with Crippen LogP contribution in [0.2, 0.25) is 0 Å². The van der Waals surface area contributed by atoms with Crippen molar-refractivity contribution in [3.8, 4) is 0 Å². The topological polar surface area (TPSA) is 43.1 Å². The molecule has 0 unspecified atom stereocenters. The lowest BCUT2D eigenvalue weighted by atomic mass is 10.1. The van der Waals surface area contributed by atoms with E-state index in [2.05, 4.69) is 12.6 Å². The van der Waals surface area contributed by atoms with Crippen molar-refractivity contribution in [2.24, 2.45) is 5.73 Å². The van der Waals surface area contributed by atoms with E-state index in [9.17, 15) is 4.79 Å². The molecule has 1 fully saturated rings. The molecule has 0 aliphatic carbocycles. The average molecular weight is 381 g/mol. The Morgan fingerprint density at radius 1 is 0.905 bits per heavy atom. The predicted octanol–water partition coefficient (Wildman–Crippen LogP) is 0.485. The van der Waals surface area contributed by atoms with Crippen LogP contribution < -0.4 is 22.7 Å². The Morgan fingerprint density at radius 3 is 1.86 bits per heavy atom. The molecule has 0 aromatic heterocycles. The summed E-state index contributed by atoms with van der Waals surface area (Å²) in [5.41, 5.74) is 5.83. The molecule has 126 valence electrons. The van der Waals surface area contributed by atoms with Gasteiger partial charge < -0.3 is 17.0 Å². The van der Waals surface area contributed by atoms with Crippen LogP contribution in [0, 0.1) is 0 Å². The highest BCUT2D eigenvalue weighted by molar-refractivity contribution is 7.80. The fourth-order valence-corrected chi connectivity index (χ4v) is 3.38. The highest BCUT2D eigenvalue weighted by atomic mass is 79.9. The number of rotatable bonds is 11. The molecule has 1 aliphatic heterocycles. The maximum Gasteiger partial charge on any atom is 0.314 e. The number of carbonyl (C=O) groups is 1. The average Bonchev–Trinajstić information content (AvgIpc) is 2.95. The highest BCUT2D eigenvalue weighted by Gasteiger charge is 2.37. The minimum atomic E-state index is 0. The molecule has 0 spiro atoms. The molecule has 1 heterocycles. The number of thiol groups is 1. The van der Waals surface area contributed by atoms with E-state index in [4.69, 9.17) is 5.73 Å². The summed E-state index contributed by atoms with van der Waals surface area (Å²) in [7, 11) is 0. The van der Waals surface area contributed by atoms with Crippen LogP contribution in [0.1, 0.15) is 70.6 Å². The Labute approximate surface area is 146 Å². The molecule has 0 aromatic carbocycles. The molecule has 0 radical (unpaired) electrons. The van der Waals surface area contributed by atoms with E-state index in [0.29, 0.717) is 17.1 Å². The molecule has 0 saturated carbocycles. The van der Waals surface area contributed by atoms with Gasteiger partial charge in [0, 0.05) is 12.8 Å². The lowest BCUT2D eigenvalue weighted by Gasteiger charge is -2.29.